The Bertz CT molecular complexity index is 647. The summed E-state index contributed by atoms with van der Waals surface area (Å²) in [5.41, 5.74) is 0.580. The summed E-state index contributed by atoms with van der Waals surface area (Å²) in [6, 6.07) is 5.11. The fraction of sp³-hybridized carbons (Fsp3) is 0.357. The zero-order valence-corrected chi connectivity index (χ0v) is 13.8. The standard InChI is InChI=1S/C14H17N3O5S/c1-17-13(14(19)22-16-17)23-5-4-12(18)15-9-6-10(20-2)8-11(7-9)21-3/h6-8H,4-5H2,1-3H3,(H-,15,16,18,19). The molecule has 8 nitrogen and oxygen atoms in total. The van der Waals surface area contributed by atoms with Crippen molar-refractivity contribution in [2.45, 2.75) is 11.4 Å². The summed E-state index contributed by atoms with van der Waals surface area (Å²) in [6.07, 6.45) is 0.231. The van der Waals surface area contributed by atoms with Crippen LogP contribution in [-0.4, -0.2) is 31.2 Å². The first-order chi connectivity index (χ1) is 11.0. The van der Waals surface area contributed by atoms with Crippen molar-refractivity contribution >= 4 is 23.4 Å². The van der Waals surface area contributed by atoms with Crippen LogP contribution in [0, 0.1) is 0 Å². The van der Waals surface area contributed by atoms with Gasteiger partial charge in [0.05, 0.1) is 19.5 Å². The minimum atomic E-state index is -0.504. The smallest absolute Gasteiger partial charge is 0.290 e. The molecule has 0 aliphatic rings. The molecule has 1 heterocycles. The van der Waals surface area contributed by atoms with E-state index in [2.05, 4.69) is 15.1 Å². The first-order valence-corrected chi connectivity index (χ1v) is 7.70. The van der Waals surface area contributed by atoms with Crippen molar-refractivity contribution in [1.29, 1.82) is 0 Å². The van der Waals surface area contributed by atoms with Crippen LogP contribution in [0.1, 0.15) is 6.42 Å². The number of amides is 1. The lowest BCUT2D eigenvalue weighted by Crippen LogP contribution is -2.32. The van der Waals surface area contributed by atoms with Crippen LogP contribution in [0.15, 0.2) is 27.7 Å². The van der Waals surface area contributed by atoms with Gasteiger partial charge in [0.25, 0.3) is 5.03 Å². The summed E-state index contributed by atoms with van der Waals surface area (Å²) in [5.74, 6) is 0.912. The van der Waals surface area contributed by atoms with E-state index in [-0.39, 0.29) is 12.3 Å². The van der Waals surface area contributed by atoms with Crippen molar-refractivity contribution in [2.75, 3.05) is 25.3 Å². The Morgan fingerprint density at radius 3 is 2.52 bits per heavy atom. The maximum Gasteiger partial charge on any atom is 0.290 e. The minimum Gasteiger partial charge on any atom is -0.538 e. The number of carbonyl (C=O) groups excluding carboxylic acids is 1. The molecule has 1 aromatic heterocycles. The molecule has 23 heavy (non-hydrogen) atoms. The third kappa shape index (κ3) is 4.52. The Hall–Kier alpha value is -2.42. The molecule has 0 spiro atoms. The number of nitrogens with one attached hydrogen (secondary N) is 1. The first kappa shape index (κ1) is 16.9. The molecule has 0 aliphatic carbocycles. The number of hydrogen-bond donors (Lipinski definition) is 1. The zero-order valence-electron chi connectivity index (χ0n) is 13.0. The Morgan fingerprint density at radius 2 is 2.00 bits per heavy atom. The molecular formula is C14H17N3O5S. The largest absolute Gasteiger partial charge is 0.538 e. The molecule has 0 fully saturated rings. The van der Waals surface area contributed by atoms with Crippen molar-refractivity contribution in [2.24, 2.45) is 7.05 Å². The van der Waals surface area contributed by atoms with Crippen molar-refractivity contribution in [3.8, 4) is 17.4 Å². The predicted octanol–water partition coefficient (Wildman–Crippen LogP) is 0.711. The number of aromatic nitrogens is 2. The van der Waals surface area contributed by atoms with Crippen LogP contribution in [-0.2, 0) is 11.8 Å². The number of aryl methyl sites for hydroxylation is 1. The van der Waals surface area contributed by atoms with E-state index in [1.807, 2.05) is 0 Å². The number of benzene rings is 1. The van der Waals surface area contributed by atoms with Crippen LogP contribution in [0.5, 0.6) is 17.4 Å². The van der Waals surface area contributed by atoms with Crippen molar-refractivity contribution < 1.29 is 28.6 Å². The highest BCUT2D eigenvalue weighted by molar-refractivity contribution is 7.99. The van der Waals surface area contributed by atoms with Gasteiger partial charge in [-0.1, -0.05) is 16.4 Å². The normalized spacial score (nSPS) is 10.4. The van der Waals surface area contributed by atoms with Gasteiger partial charge in [0.2, 0.25) is 5.91 Å². The molecule has 0 atom stereocenters. The van der Waals surface area contributed by atoms with E-state index in [0.717, 1.165) is 0 Å². The molecule has 124 valence electrons. The number of hydrogen-bond acceptors (Lipinski definition) is 7. The second kappa shape index (κ2) is 7.73. The summed E-state index contributed by atoms with van der Waals surface area (Å²) in [6.45, 7) is 0. The van der Waals surface area contributed by atoms with Crippen LogP contribution >= 0.6 is 11.8 Å². The fourth-order valence-electron chi connectivity index (χ4n) is 1.80. The lowest BCUT2D eigenvalue weighted by molar-refractivity contribution is -0.772. The van der Waals surface area contributed by atoms with Gasteiger partial charge < -0.3 is 24.4 Å². The third-order valence-corrected chi connectivity index (χ3v) is 4.03. The predicted molar refractivity (Wildman–Crippen MR) is 80.6 cm³/mol. The molecular weight excluding hydrogens is 322 g/mol. The average molecular weight is 339 g/mol. The third-order valence-electron chi connectivity index (χ3n) is 2.92. The molecule has 9 heteroatoms. The maximum atomic E-state index is 12.0. The number of thioether (sulfide) groups is 1. The molecule has 1 N–H and O–H groups in total. The van der Waals surface area contributed by atoms with Crippen LogP contribution in [0.3, 0.4) is 0 Å². The Morgan fingerprint density at radius 1 is 1.35 bits per heavy atom. The molecule has 2 aromatic rings. The van der Waals surface area contributed by atoms with Crippen LogP contribution in [0.4, 0.5) is 5.69 Å². The van der Waals surface area contributed by atoms with Gasteiger partial charge in [-0.2, -0.15) is 0 Å². The number of anilines is 1. The highest BCUT2D eigenvalue weighted by Crippen LogP contribution is 2.26. The lowest BCUT2D eigenvalue weighted by atomic mass is 10.2. The van der Waals surface area contributed by atoms with E-state index in [1.54, 1.807) is 25.2 Å². The Kier molecular flexibility index (Phi) is 5.69. The molecule has 1 amide bonds. The van der Waals surface area contributed by atoms with E-state index in [4.69, 9.17) is 9.47 Å². The van der Waals surface area contributed by atoms with E-state index in [9.17, 15) is 9.90 Å². The zero-order chi connectivity index (χ0) is 16.8. The minimum absolute atomic E-state index is 0.181. The van der Waals surface area contributed by atoms with Gasteiger partial charge in [0.1, 0.15) is 11.5 Å². The van der Waals surface area contributed by atoms with Gasteiger partial charge in [0, 0.05) is 36.1 Å². The van der Waals surface area contributed by atoms with Gasteiger partial charge in [-0.3, -0.25) is 4.79 Å². The highest BCUT2D eigenvalue weighted by Gasteiger charge is 2.14. The van der Waals surface area contributed by atoms with Gasteiger partial charge >= 0.3 is 0 Å². The Labute approximate surface area is 137 Å². The topological polar surface area (TPSA) is 101 Å². The molecule has 1 aromatic carbocycles. The van der Waals surface area contributed by atoms with Crippen molar-refractivity contribution in [3.63, 3.8) is 0 Å². The van der Waals surface area contributed by atoms with Crippen LogP contribution < -0.4 is 24.6 Å². The highest BCUT2D eigenvalue weighted by atomic mass is 32.2. The first-order valence-electron chi connectivity index (χ1n) is 6.72. The van der Waals surface area contributed by atoms with Crippen molar-refractivity contribution in [1.82, 2.24) is 5.27 Å². The van der Waals surface area contributed by atoms with E-state index in [0.29, 0.717) is 28.0 Å². The molecule has 0 radical (unpaired) electrons. The summed E-state index contributed by atoms with van der Waals surface area (Å²) >= 11 is 1.22. The summed E-state index contributed by atoms with van der Waals surface area (Å²) in [5, 5.41) is 18.0. The van der Waals surface area contributed by atoms with Crippen molar-refractivity contribution in [3.05, 3.63) is 18.2 Å². The average Bonchev–Trinajstić information content (AvgIpc) is 2.86. The molecule has 0 aliphatic heterocycles. The number of nitrogens with zero attached hydrogens (tertiary/aromatic N) is 2. The van der Waals surface area contributed by atoms with E-state index in [1.165, 1.54) is 30.7 Å². The second-order valence-electron chi connectivity index (χ2n) is 4.54. The van der Waals surface area contributed by atoms with Gasteiger partial charge in [0.15, 0.2) is 13.0 Å². The Balaban J connectivity index is 1.90. The number of methoxy groups -OCH3 is 2. The molecule has 0 saturated heterocycles. The van der Waals surface area contributed by atoms with Gasteiger partial charge in [-0.25, -0.2) is 0 Å². The van der Waals surface area contributed by atoms with Gasteiger partial charge in [-0.15, -0.1) is 0 Å². The monoisotopic (exact) mass is 339 g/mol. The quantitative estimate of drug-likeness (QED) is 0.585. The number of ether oxygens (including phenoxy) is 2. The molecule has 2 rings (SSSR count). The van der Waals surface area contributed by atoms with Gasteiger partial charge in [-0.05, 0) is 0 Å². The molecule has 0 saturated carbocycles. The van der Waals surface area contributed by atoms with E-state index < -0.39 is 5.95 Å². The van der Waals surface area contributed by atoms with Crippen LogP contribution in [0.2, 0.25) is 0 Å². The van der Waals surface area contributed by atoms with Crippen LogP contribution in [0.25, 0.3) is 0 Å². The second-order valence-corrected chi connectivity index (χ2v) is 5.62. The summed E-state index contributed by atoms with van der Waals surface area (Å²) in [4.78, 5) is 12.0. The number of rotatable bonds is 7. The van der Waals surface area contributed by atoms with E-state index >= 15 is 0 Å². The summed E-state index contributed by atoms with van der Waals surface area (Å²) in [7, 11) is 4.68. The fourth-order valence-corrected chi connectivity index (χ4v) is 2.66. The summed E-state index contributed by atoms with van der Waals surface area (Å²) < 4.78 is 16.1. The SMILES string of the molecule is COc1cc(NC(=O)CCSc2c([O-])on[n+]2C)cc(OC)c1. The number of carbonyl (C=O) groups is 1. The lowest BCUT2D eigenvalue weighted by Gasteiger charge is -2.09. The molecule has 0 bridgehead atoms. The maximum absolute atomic E-state index is 12.0. The molecule has 0 unspecified atom stereocenters.